The second-order valence-corrected chi connectivity index (χ2v) is 6.40. The standard InChI is InChI=1S/C22H18N6O/c1-29-21-6-5-15(10-17(21)14-28-9-3-8-26-28)18-11-20(16-4-2-7-25-13-16)27-22(24)19(18)12-23/h2-11,13H,14H2,1H3,(H2,24,27). The van der Waals surface area contributed by atoms with Gasteiger partial charge in [0.05, 0.1) is 19.3 Å². The fourth-order valence-electron chi connectivity index (χ4n) is 3.21. The van der Waals surface area contributed by atoms with Crippen LogP contribution in [0.15, 0.2) is 67.3 Å². The molecule has 3 aromatic heterocycles. The molecular weight excluding hydrogens is 364 g/mol. The highest BCUT2D eigenvalue weighted by Crippen LogP contribution is 2.33. The van der Waals surface area contributed by atoms with Crippen molar-refractivity contribution in [3.05, 3.63) is 78.4 Å². The number of nitriles is 1. The van der Waals surface area contributed by atoms with Gasteiger partial charge in [0.15, 0.2) is 0 Å². The van der Waals surface area contributed by atoms with Crippen LogP contribution >= 0.6 is 0 Å². The van der Waals surface area contributed by atoms with Crippen molar-refractivity contribution in [2.24, 2.45) is 0 Å². The number of anilines is 1. The molecule has 29 heavy (non-hydrogen) atoms. The van der Waals surface area contributed by atoms with Crippen LogP contribution in [0.1, 0.15) is 11.1 Å². The van der Waals surface area contributed by atoms with Crippen molar-refractivity contribution in [2.75, 3.05) is 12.8 Å². The summed E-state index contributed by atoms with van der Waals surface area (Å²) in [4.78, 5) is 8.54. The van der Waals surface area contributed by atoms with Gasteiger partial charge in [0, 0.05) is 41.5 Å². The van der Waals surface area contributed by atoms with Gasteiger partial charge in [-0.25, -0.2) is 4.98 Å². The van der Waals surface area contributed by atoms with Gasteiger partial charge in [-0.05, 0) is 42.0 Å². The lowest BCUT2D eigenvalue weighted by atomic mass is 9.97. The molecule has 0 unspecified atom stereocenters. The Bertz CT molecular complexity index is 1180. The smallest absolute Gasteiger partial charge is 0.142 e. The number of ether oxygens (including phenoxy) is 1. The van der Waals surface area contributed by atoms with E-state index in [1.165, 1.54) is 0 Å². The number of nitrogen functional groups attached to an aromatic ring is 1. The Morgan fingerprint density at radius 2 is 2.03 bits per heavy atom. The normalized spacial score (nSPS) is 10.5. The predicted octanol–water partition coefficient (Wildman–Crippen LogP) is 3.52. The number of aromatic nitrogens is 4. The first-order valence-corrected chi connectivity index (χ1v) is 8.95. The van der Waals surface area contributed by atoms with Crippen LogP contribution in [0.5, 0.6) is 5.75 Å². The average molecular weight is 382 g/mol. The van der Waals surface area contributed by atoms with E-state index in [1.807, 2.05) is 53.3 Å². The first-order chi connectivity index (χ1) is 14.2. The minimum absolute atomic E-state index is 0.188. The summed E-state index contributed by atoms with van der Waals surface area (Å²) in [5, 5.41) is 13.9. The van der Waals surface area contributed by atoms with Crippen LogP contribution in [0.25, 0.3) is 22.4 Å². The zero-order valence-corrected chi connectivity index (χ0v) is 15.8. The third-order valence-corrected chi connectivity index (χ3v) is 4.60. The molecule has 0 spiro atoms. The molecule has 2 N–H and O–H groups in total. The van der Waals surface area contributed by atoms with Gasteiger partial charge in [0.1, 0.15) is 23.2 Å². The molecule has 0 saturated carbocycles. The van der Waals surface area contributed by atoms with Crippen molar-refractivity contribution >= 4 is 5.82 Å². The van der Waals surface area contributed by atoms with E-state index in [4.69, 9.17) is 10.5 Å². The van der Waals surface area contributed by atoms with Crippen LogP contribution in [0.2, 0.25) is 0 Å². The number of nitrogens with zero attached hydrogens (tertiary/aromatic N) is 5. The number of benzene rings is 1. The van der Waals surface area contributed by atoms with E-state index in [1.54, 1.807) is 25.7 Å². The molecule has 0 saturated heterocycles. The van der Waals surface area contributed by atoms with Gasteiger partial charge < -0.3 is 10.5 Å². The van der Waals surface area contributed by atoms with Crippen LogP contribution in [0.3, 0.4) is 0 Å². The lowest BCUT2D eigenvalue weighted by Crippen LogP contribution is -2.03. The second kappa shape index (κ2) is 7.82. The molecule has 7 nitrogen and oxygen atoms in total. The Morgan fingerprint density at radius 3 is 2.72 bits per heavy atom. The lowest BCUT2D eigenvalue weighted by Gasteiger charge is -2.14. The summed E-state index contributed by atoms with van der Waals surface area (Å²) < 4.78 is 7.32. The fourth-order valence-corrected chi connectivity index (χ4v) is 3.21. The summed E-state index contributed by atoms with van der Waals surface area (Å²) >= 11 is 0. The summed E-state index contributed by atoms with van der Waals surface area (Å²) in [7, 11) is 1.63. The molecule has 0 fully saturated rings. The van der Waals surface area contributed by atoms with Crippen molar-refractivity contribution in [1.82, 2.24) is 19.7 Å². The van der Waals surface area contributed by atoms with E-state index in [0.717, 1.165) is 22.4 Å². The largest absolute Gasteiger partial charge is 0.496 e. The first-order valence-electron chi connectivity index (χ1n) is 8.95. The Morgan fingerprint density at radius 1 is 1.14 bits per heavy atom. The number of rotatable bonds is 5. The van der Waals surface area contributed by atoms with Crippen molar-refractivity contribution in [3.63, 3.8) is 0 Å². The summed E-state index contributed by atoms with van der Waals surface area (Å²) in [5.74, 6) is 0.936. The Kier molecular flexibility index (Phi) is 4.91. The number of hydrogen-bond donors (Lipinski definition) is 1. The molecule has 0 bridgehead atoms. The van der Waals surface area contributed by atoms with Crippen LogP contribution in [-0.4, -0.2) is 26.9 Å². The van der Waals surface area contributed by atoms with Gasteiger partial charge in [-0.3, -0.25) is 9.67 Å². The highest BCUT2D eigenvalue weighted by molar-refractivity contribution is 5.80. The molecule has 0 aliphatic carbocycles. The molecule has 0 aliphatic heterocycles. The fraction of sp³-hybridized carbons (Fsp3) is 0.0909. The van der Waals surface area contributed by atoms with Crippen LogP contribution in [0.4, 0.5) is 5.82 Å². The number of hydrogen-bond acceptors (Lipinski definition) is 6. The maximum atomic E-state index is 9.68. The molecule has 1 aromatic carbocycles. The van der Waals surface area contributed by atoms with Gasteiger partial charge in [0.25, 0.3) is 0 Å². The van der Waals surface area contributed by atoms with Gasteiger partial charge in [-0.1, -0.05) is 6.07 Å². The van der Waals surface area contributed by atoms with Gasteiger partial charge >= 0.3 is 0 Å². The van der Waals surface area contributed by atoms with Crippen molar-refractivity contribution in [3.8, 4) is 34.2 Å². The average Bonchev–Trinajstić information content (AvgIpc) is 3.27. The van der Waals surface area contributed by atoms with E-state index in [0.29, 0.717) is 23.4 Å². The SMILES string of the molecule is COc1ccc(-c2cc(-c3cccnc3)nc(N)c2C#N)cc1Cn1cccn1. The molecule has 0 atom stereocenters. The van der Waals surface area contributed by atoms with Crippen molar-refractivity contribution in [1.29, 1.82) is 5.26 Å². The van der Waals surface area contributed by atoms with Crippen LogP contribution < -0.4 is 10.5 Å². The first kappa shape index (κ1) is 18.2. The van der Waals surface area contributed by atoms with Gasteiger partial charge in [-0.15, -0.1) is 0 Å². The second-order valence-electron chi connectivity index (χ2n) is 6.40. The monoisotopic (exact) mass is 382 g/mol. The minimum atomic E-state index is 0.188. The maximum Gasteiger partial charge on any atom is 0.142 e. The van der Waals surface area contributed by atoms with E-state index in [9.17, 15) is 5.26 Å². The molecule has 0 amide bonds. The van der Waals surface area contributed by atoms with Crippen LogP contribution in [-0.2, 0) is 6.54 Å². The van der Waals surface area contributed by atoms with E-state index >= 15 is 0 Å². The highest BCUT2D eigenvalue weighted by Gasteiger charge is 2.15. The predicted molar refractivity (Wildman–Crippen MR) is 110 cm³/mol. The molecule has 4 aromatic rings. The Balaban J connectivity index is 1.85. The number of pyridine rings is 2. The van der Waals surface area contributed by atoms with Gasteiger partial charge in [-0.2, -0.15) is 10.4 Å². The molecule has 7 heteroatoms. The minimum Gasteiger partial charge on any atom is -0.496 e. The zero-order valence-electron chi connectivity index (χ0n) is 15.8. The highest BCUT2D eigenvalue weighted by atomic mass is 16.5. The maximum absolute atomic E-state index is 9.68. The Labute approximate surface area is 168 Å². The molecule has 0 aliphatic rings. The molecule has 0 radical (unpaired) electrons. The Hall–Kier alpha value is -4.18. The van der Waals surface area contributed by atoms with E-state index in [2.05, 4.69) is 21.1 Å². The molecule has 142 valence electrons. The third kappa shape index (κ3) is 3.64. The molecule has 4 rings (SSSR count). The summed E-state index contributed by atoms with van der Waals surface area (Å²) in [6.45, 7) is 0.544. The van der Waals surface area contributed by atoms with Crippen molar-refractivity contribution < 1.29 is 4.74 Å². The lowest BCUT2D eigenvalue weighted by molar-refractivity contribution is 0.407. The van der Waals surface area contributed by atoms with Crippen LogP contribution in [0, 0.1) is 11.3 Å². The summed E-state index contributed by atoms with van der Waals surface area (Å²) in [6.07, 6.45) is 7.03. The number of methoxy groups -OCH3 is 1. The van der Waals surface area contributed by atoms with Gasteiger partial charge in [0.2, 0.25) is 0 Å². The molecule has 3 heterocycles. The topological polar surface area (TPSA) is 103 Å². The quantitative estimate of drug-likeness (QED) is 0.566. The summed E-state index contributed by atoms with van der Waals surface area (Å²) in [5.41, 5.74) is 10.5. The third-order valence-electron chi connectivity index (χ3n) is 4.60. The summed E-state index contributed by atoms with van der Waals surface area (Å²) in [6, 6.07) is 15.4. The number of nitrogens with two attached hydrogens (primary N) is 1. The van der Waals surface area contributed by atoms with E-state index < -0.39 is 0 Å². The van der Waals surface area contributed by atoms with Crippen molar-refractivity contribution in [2.45, 2.75) is 6.54 Å². The zero-order chi connectivity index (χ0) is 20.2. The molecular formula is C22H18N6O. The van der Waals surface area contributed by atoms with E-state index in [-0.39, 0.29) is 5.82 Å².